The van der Waals surface area contributed by atoms with Gasteiger partial charge in [0.1, 0.15) is 15.9 Å². The van der Waals surface area contributed by atoms with Gasteiger partial charge >= 0.3 is 0 Å². The smallest absolute Gasteiger partial charge is 0.245 e. The third-order valence-electron chi connectivity index (χ3n) is 5.27. The summed E-state index contributed by atoms with van der Waals surface area (Å²) in [6.45, 7) is 4.46. The number of aryl methyl sites for hydroxylation is 2. The monoisotopic (exact) mass is 430 g/mol. The van der Waals surface area contributed by atoms with E-state index in [0.29, 0.717) is 30.4 Å². The van der Waals surface area contributed by atoms with E-state index in [1.165, 1.54) is 4.31 Å². The Labute approximate surface area is 174 Å². The number of benzene rings is 2. The minimum absolute atomic E-state index is 0.146. The summed E-state index contributed by atoms with van der Waals surface area (Å²) in [7, 11) is -3.76. The fourth-order valence-corrected chi connectivity index (χ4v) is 5.88. The minimum atomic E-state index is -3.76. The highest BCUT2D eigenvalue weighted by atomic mass is 32.2. The molecule has 29 heavy (non-hydrogen) atoms. The third kappa shape index (κ3) is 3.90. The van der Waals surface area contributed by atoms with Crippen molar-refractivity contribution in [1.82, 2.24) is 13.1 Å². The second-order valence-corrected chi connectivity index (χ2v) is 9.83. The van der Waals surface area contributed by atoms with Gasteiger partial charge in [-0.1, -0.05) is 18.2 Å². The van der Waals surface area contributed by atoms with Crippen molar-refractivity contribution in [2.45, 2.75) is 31.6 Å². The van der Waals surface area contributed by atoms with E-state index in [1.54, 1.807) is 18.2 Å². The zero-order chi connectivity index (χ0) is 20.6. The average molecular weight is 431 g/mol. The lowest BCUT2D eigenvalue weighted by Crippen LogP contribution is -2.43. The van der Waals surface area contributed by atoms with Crippen LogP contribution in [0.25, 0.3) is 11.0 Å². The van der Waals surface area contributed by atoms with Gasteiger partial charge in [-0.25, -0.2) is 8.42 Å². The number of anilines is 1. The van der Waals surface area contributed by atoms with Gasteiger partial charge in [0.25, 0.3) is 0 Å². The lowest BCUT2D eigenvalue weighted by atomic mass is 9.98. The molecule has 7 nitrogen and oxygen atoms in total. The van der Waals surface area contributed by atoms with E-state index < -0.39 is 15.9 Å². The highest BCUT2D eigenvalue weighted by Gasteiger charge is 2.34. The summed E-state index contributed by atoms with van der Waals surface area (Å²) < 4.78 is 36.2. The fraction of sp³-hybridized carbons (Fsp3) is 0.350. The average Bonchev–Trinajstić information content (AvgIpc) is 3.19. The molecule has 1 aliphatic heterocycles. The Balaban J connectivity index is 1.55. The zero-order valence-corrected chi connectivity index (χ0v) is 17.9. The van der Waals surface area contributed by atoms with Crippen molar-refractivity contribution in [1.29, 1.82) is 0 Å². The van der Waals surface area contributed by atoms with E-state index in [9.17, 15) is 13.2 Å². The van der Waals surface area contributed by atoms with Gasteiger partial charge in [-0.2, -0.15) is 13.1 Å². The molecule has 3 aromatic rings. The van der Waals surface area contributed by atoms with Crippen molar-refractivity contribution in [3.63, 3.8) is 0 Å². The highest BCUT2D eigenvalue weighted by molar-refractivity contribution is 7.89. The van der Waals surface area contributed by atoms with Crippen molar-refractivity contribution < 1.29 is 13.2 Å². The van der Waals surface area contributed by atoms with Crippen LogP contribution < -0.4 is 5.32 Å². The second kappa shape index (κ2) is 7.81. The Hall–Kier alpha value is -2.36. The molecule has 0 radical (unpaired) electrons. The molecule has 0 bridgehead atoms. The summed E-state index contributed by atoms with van der Waals surface area (Å²) in [5.74, 6) is -0.543. The molecule has 0 spiro atoms. The van der Waals surface area contributed by atoms with Crippen LogP contribution in [0.4, 0.5) is 5.69 Å². The van der Waals surface area contributed by atoms with Crippen LogP contribution in [-0.4, -0.2) is 40.5 Å². The van der Waals surface area contributed by atoms with Crippen molar-refractivity contribution in [2.24, 2.45) is 5.92 Å². The number of hydrogen-bond donors (Lipinski definition) is 1. The number of nitrogens with zero attached hydrogens (tertiary/aromatic N) is 3. The van der Waals surface area contributed by atoms with E-state index in [-0.39, 0.29) is 17.3 Å². The molecular formula is C20H22N4O3S2. The van der Waals surface area contributed by atoms with Crippen molar-refractivity contribution >= 4 is 44.4 Å². The van der Waals surface area contributed by atoms with E-state index in [4.69, 9.17) is 0 Å². The molecule has 152 valence electrons. The van der Waals surface area contributed by atoms with Gasteiger partial charge in [0.2, 0.25) is 15.9 Å². The van der Waals surface area contributed by atoms with Gasteiger partial charge in [0.05, 0.1) is 17.6 Å². The number of carbonyl (C=O) groups excluding carboxylic acids is 1. The van der Waals surface area contributed by atoms with Crippen LogP contribution in [0, 0.1) is 19.8 Å². The summed E-state index contributed by atoms with van der Waals surface area (Å²) in [6, 6.07) is 10.9. The molecule has 2 aromatic carbocycles. The van der Waals surface area contributed by atoms with Crippen LogP contribution in [0.2, 0.25) is 0 Å². The quantitative estimate of drug-likeness (QED) is 0.685. The number of piperidine rings is 1. The van der Waals surface area contributed by atoms with Crippen LogP contribution in [0.3, 0.4) is 0 Å². The van der Waals surface area contributed by atoms with Crippen LogP contribution in [-0.2, 0) is 14.8 Å². The van der Waals surface area contributed by atoms with Crippen molar-refractivity contribution in [3.8, 4) is 0 Å². The number of amides is 1. The first-order chi connectivity index (χ1) is 13.9. The van der Waals surface area contributed by atoms with Gasteiger partial charge < -0.3 is 5.32 Å². The van der Waals surface area contributed by atoms with Gasteiger partial charge in [-0.05, 0) is 56.0 Å². The van der Waals surface area contributed by atoms with Gasteiger partial charge in [0.15, 0.2) is 0 Å². The van der Waals surface area contributed by atoms with Crippen molar-refractivity contribution in [2.75, 3.05) is 18.4 Å². The Morgan fingerprint density at radius 1 is 1.21 bits per heavy atom. The Kier molecular flexibility index (Phi) is 5.37. The number of nitrogens with one attached hydrogen (secondary N) is 1. The van der Waals surface area contributed by atoms with E-state index >= 15 is 0 Å². The van der Waals surface area contributed by atoms with Gasteiger partial charge in [0, 0.05) is 18.8 Å². The molecule has 9 heteroatoms. The Morgan fingerprint density at radius 2 is 2.03 bits per heavy atom. The van der Waals surface area contributed by atoms with Crippen LogP contribution in [0.15, 0.2) is 41.3 Å². The normalized spacial score (nSPS) is 18.1. The fourth-order valence-electron chi connectivity index (χ4n) is 3.61. The Morgan fingerprint density at radius 3 is 2.86 bits per heavy atom. The molecular weight excluding hydrogens is 408 g/mol. The van der Waals surface area contributed by atoms with Crippen LogP contribution in [0.1, 0.15) is 24.0 Å². The van der Waals surface area contributed by atoms with E-state index in [2.05, 4.69) is 14.1 Å². The number of hydrogen-bond acceptors (Lipinski definition) is 6. The third-order valence-corrected chi connectivity index (χ3v) is 7.71. The predicted molar refractivity (Wildman–Crippen MR) is 113 cm³/mol. The molecule has 1 aliphatic rings. The van der Waals surface area contributed by atoms with E-state index in [0.717, 1.165) is 28.5 Å². The maximum absolute atomic E-state index is 13.3. The number of aromatic nitrogens is 2. The van der Waals surface area contributed by atoms with Gasteiger partial charge in [-0.15, -0.1) is 0 Å². The zero-order valence-electron chi connectivity index (χ0n) is 16.3. The topological polar surface area (TPSA) is 92.3 Å². The summed E-state index contributed by atoms with van der Waals surface area (Å²) in [4.78, 5) is 13.0. The summed E-state index contributed by atoms with van der Waals surface area (Å²) in [6.07, 6.45) is 1.29. The molecule has 1 aromatic heterocycles. The first-order valence-electron chi connectivity index (χ1n) is 9.46. The summed E-state index contributed by atoms with van der Waals surface area (Å²) >= 11 is 0.992. The maximum atomic E-state index is 13.3. The number of carbonyl (C=O) groups is 1. The number of sulfonamides is 1. The summed E-state index contributed by atoms with van der Waals surface area (Å²) in [5.41, 5.74) is 3.76. The SMILES string of the molecule is Cc1ccc(C)c(NC(=O)[C@@H]2CCCN(S(=O)(=O)c3cccc4nsnc34)C2)c1. The van der Waals surface area contributed by atoms with Crippen LogP contribution in [0.5, 0.6) is 0 Å². The first-order valence-corrected chi connectivity index (χ1v) is 11.6. The highest BCUT2D eigenvalue weighted by Crippen LogP contribution is 2.29. The number of fused-ring (bicyclic) bond motifs is 1. The first kappa shape index (κ1) is 19.9. The molecule has 2 heterocycles. The molecule has 1 atom stereocenters. The van der Waals surface area contributed by atoms with Gasteiger partial charge in [-0.3, -0.25) is 4.79 Å². The molecule has 1 N–H and O–H groups in total. The van der Waals surface area contributed by atoms with Crippen molar-refractivity contribution in [3.05, 3.63) is 47.5 Å². The summed E-state index contributed by atoms with van der Waals surface area (Å²) in [5, 5.41) is 2.98. The molecule has 1 saturated heterocycles. The molecule has 0 aliphatic carbocycles. The largest absolute Gasteiger partial charge is 0.326 e. The molecule has 1 amide bonds. The molecule has 0 unspecified atom stereocenters. The number of rotatable bonds is 4. The predicted octanol–water partition coefficient (Wildman–Crippen LogP) is 3.35. The van der Waals surface area contributed by atoms with E-state index in [1.807, 2.05) is 32.0 Å². The Bertz CT molecular complexity index is 1170. The molecule has 1 fully saturated rings. The lowest BCUT2D eigenvalue weighted by molar-refractivity contribution is -0.120. The molecule has 4 rings (SSSR count). The minimum Gasteiger partial charge on any atom is -0.326 e. The second-order valence-electron chi connectivity index (χ2n) is 7.40. The maximum Gasteiger partial charge on any atom is 0.245 e. The molecule has 0 saturated carbocycles. The standard InChI is InChI=1S/C20H22N4O3S2/c1-13-8-9-14(2)17(11-13)21-20(25)15-5-4-10-24(12-15)29(26,27)18-7-3-6-16-19(18)23-28-22-16/h3,6-9,11,15H,4-5,10,12H2,1-2H3,(H,21,25)/t15-/m1/s1. The van der Waals surface area contributed by atoms with Crippen LogP contribution >= 0.6 is 11.7 Å². The lowest BCUT2D eigenvalue weighted by Gasteiger charge is -2.31.